The fourth-order valence-electron chi connectivity index (χ4n) is 5.75. The van der Waals surface area contributed by atoms with Crippen LogP contribution in [0.3, 0.4) is 0 Å². The van der Waals surface area contributed by atoms with E-state index in [0.29, 0.717) is 0 Å². The first-order chi connectivity index (χ1) is 23.5. The normalized spacial score (nSPS) is 11.4. The highest BCUT2D eigenvalue weighted by atomic mass is 127. The first-order valence-electron chi connectivity index (χ1n) is 16.6. The lowest BCUT2D eigenvalue weighted by molar-refractivity contribution is -0.665. The molecule has 262 valence electrons. The fourth-order valence-corrected chi connectivity index (χ4v) is 10.1. The largest absolute Gasteiger partial charge is 1.00 e. The molecule has 0 unspecified atom stereocenters. The van der Waals surface area contributed by atoms with E-state index < -0.39 is 0 Å². The number of hydrogen-bond donors (Lipinski definition) is 0. The molecule has 0 bridgehead atoms. The second kappa shape index (κ2) is 20.2. The smallest absolute Gasteiger partial charge is 0.262 e. The minimum atomic E-state index is 0. The molecule has 6 aromatic rings. The van der Waals surface area contributed by atoms with Gasteiger partial charge in [-0.3, -0.25) is 0 Å². The molecule has 0 radical (unpaired) electrons. The quantitative estimate of drug-likeness (QED) is 0.0669. The second-order valence-corrected chi connectivity index (χ2v) is 16.5. The van der Waals surface area contributed by atoms with Crippen molar-refractivity contribution in [1.29, 1.82) is 0 Å². The summed E-state index contributed by atoms with van der Waals surface area (Å²) in [4.78, 5) is 4.70. The number of rotatable bonds is 15. The van der Waals surface area contributed by atoms with Crippen molar-refractivity contribution in [2.24, 2.45) is 0 Å². The Morgan fingerprint density at radius 1 is 0.540 bits per heavy atom. The van der Waals surface area contributed by atoms with Crippen LogP contribution in [0.2, 0.25) is 0 Å². The molecule has 0 saturated carbocycles. The molecular formula is C40H44I2N4S4. The monoisotopic (exact) mass is 962 g/mol. The third-order valence-electron chi connectivity index (χ3n) is 8.51. The Balaban J connectivity index is 0.00000281. The van der Waals surface area contributed by atoms with Gasteiger partial charge in [-0.2, -0.15) is 9.13 Å². The van der Waals surface area contributed by atoms with Crippen molar-refractivity contribution in [3.8, 4) is 0 Å². The van der Waals surface area contributed by atoms with Crippen LogP contribution in [0.25, 0.3) is 44.7 Å². The Bertz CT molecular complexity index is 1860. The van der Waals surface area contributed by atoms with Crippen LogP contribution < -0.4 is 66.9 Å². The summed E-state index contributed by atoms with van der Waals surface area (Å²) in [5.41, 5.74) is 7.59. The highest BCUT2D eigenvalue weighted by Crippen LogP contribution is 2.26. The van der Waals surface area contributed by atoms with Gasteiger partial charge in [0.25, 0.3) is 10.0 Å². The molecule has 4 nitrogen and oxygen atoms in total. The van der Waals surface area contributed by atoms with Gasteiger partial charge in [0, 0.05) is 74.4 Å². The van der Waals surface area contributed by atoms with E-state index in [4.69, 9.17) is 0 Å². The van der Waals surface area contributed by atoms with Crippen molar-refractivity contribution >= 4 is 100 Å². The zero-order valence-electron chi connectivity index (χ0n) is 29.0. The van der Waals surface area contributed by atoms with Crippen LogP contribution in [0.1, 0.15) is 35.0 Å². The SMILES string of the molecule is CC[n+]1c(/C=C/c2ccc(N(C)CCSSCCN(C)c3ccc(/C=C/c4sc5ccccc5[n+]4CC)cc3)cc2)sc2ccccc21.[I-].[I-]. The number of aromatic nitrogens is 2. The van der Waals surface area contributed by atoms with Crippen molar-refractivity contribution in [2.45, 2.75) is 26.9 Å². The number of halogens is 2. The molecule has 0 aliphatic heterocycles. The molecule has 6 rings (SSSR count). The molecule has 0 spiro atoms. The van der Waals surface area contributed by atoms with Gasteiger partial charge in [-0.1, -0.05) is 92.8 Å². The summed E-state index contributed by atoms with van der Waals surface area (Å²) < 4.78 is 7.44. The van der Waals surface area contributed by atoms with Crippen LogP contribution in [0.15, 0.2) is 97.1 Å². The lowest BCUT2D eigenvalue weighted by Crippen LogP contribution is -3.00. The lowest BCUT2D eigenvalue weighted by atomic mass is 10.2. The highest BCUT2D eigenvalue weighted by molar-refractivity contribution is 8.76. The van der Waals surface area contributed by atoms with E-state index in [0.717, 1.165) is 37.7 Å². The zero-order chi connectivity index (χ0) is 33.3. The number of nitrogens with zero attached hydrogens (tertiary/aromatic N) is 4. The van der Waals surface area contributed by atoms with Crippen molar-refractivity contribution in [3.63, 3.8) is 0 Å². The summed E-state index contributed by atoms with van der Waals surface area (Å²) in [5, 5.41) is 2.57. The standard InChI is InChI=1S/C40H44N4S4.2HI/c1-5-43-35-11-7-9-13-37(35)47-39(43)25-19-31-15-21-33(22-16-31)41(3)27-29-45-46-30-28-42(4)34-23-17-32(18-24-34)20-26-40-44(6-2)36-12-8-10-14-38(36)48-40;;/h7-26H,5-6,27-30H2,1-4H3;2*1H/q+2;;/p-2. The van der Waals surface area contributed by atoms with Crippen LogP contribution in [-0.4, -0.2) is 38.7 Å². The summed E-state index contributed by atoms with van der Waals surface area (Å²) in [5.74, 6) is 2.18. The molecule has 0 fully saturated rings. The van der Waals surface area contributed by atoms with Crippen molar-refractivity contribution < 1.29 is 57.1 Å². The predicted molar refractivity (Wildman–Crippen MR) is 218 cm³/mol. The van der Waals surface area contributed by atoms with E-state index in [2.05, 4.69) is 168 Å². The van der Waals surface area contributed by atoms with Gasteiger partial charge in [0.1, 0.15) is 22.5 Å². The Labute approximate surface area is 347 Å². The molecular weight excluding hydrogens is 919 g/mol. The third-order valence-corrected chi connectivity index (χ3v) is 13.1. The fraction of sp³-hybridized carbons (Fsp3) is 0.250. The highest BCUT2D eigenvalue weighted by Gasteiger charge is 2.17. The summed E-state index contributed by atoms with van der Waals surface area (Å²) in [6, 6.07) is 35.1. The molecule has 0 aliphatic carbocycles. The Morgan fingerprint density at radius 2 is 0.920 bits per heavy atom. The van der Waals surface area contributed by atoms with Crippen LogP contribution in [0.4, 0.5) is 11.4 Å². The molecule has 10 heteroatoms. The average molecular weight is 963 g/mol. The Kier molecular flexibility index (Phi) is 16.4. The molecule has 50 heavy (non-hydrogen) atoms. The first-order valence-corrected chi connectivity index (χ1v) is 20.7. The van der Waals surface area contributed by atoms with E-state index >= 15 is 0 Å². The summed E-state index contributed by atoms with van der Waals surface area (Å²) >= 11 is 3.70. The van der Waals surface area contributed by atoms with E-state index in [1.165, 1.54) is 53.0 Å². The van der Waals surface area contributed by atoms with Gasteiger partial charge < -0.3 is 57.8 Å². The van der Waals surface area contributed by atoms with Gasteiger partial charge in [-0.05, 0) is 73.5 Å². The van der Waals surface area contributed by atoms with Gasteiger partial charge >= 0.3 is 0 Å². The number of hydrogen-bond acceptors (Lipinski definition) is 6. The predicted octanol–water partition coefficient (Wildman–Crippen LogP) is 4.03. The summed E-state index contributed by atoms with van der Waals surface area (Å²) in [7, 11) is 8.31. The van der Waals surface area contributed by atoms with Crippen molar-refractivity contribution in [3.05, 3.63) is 118 Å². The van der Waals surface area contributed by atoms with Crippen molar-refractivity contribution in [1.82, 2.24) is 0 Å². The van der Waals surface area contributed by atoms with E-state index in [-0.39, 0.29) is 48.0 Å². The minimum Gasteiger partial charge on any atom is -1.00 e. The van der Waals surface area contributed by atoms with Gasteiger partial charge in [-0.25, -0.2) is 0 Å². The number of para-hydroxylation sites is 2. The van der Waals surface area contributed by atoms with Crippen LogP contribution >= 0.6 is 44.3 Å². The molecule has 2 heterocycles. The van der Waals surface area contributed by atoms with E-state index in [1.807, 2.05) is 44.3 Å². The van der Waals surface area contributed by atoms with Gasteiger partial charge in [-0.15, -0.1) is 0 Å². The number of anilines is 2. The van der Waals surface area contributed by atoms with Crippen LogP contribution in [-0.2, 0) is 13.1 Å². The number of benzene rings is 4. The summed E-state index contributed by atoms with van der Waals surface area (Å²) in [6.45, 7) is 8.42. The maximum atomic E-state index is 2.39. The second-order valence-electron chi connectivity index (χ2n) is 11.6. The average Bonchev–Trinajstić information content (AvgIpc) is 3.68. The molecule has 0 atom stereocenters. The number of thiazole rings is 2. The first kappa shape index (κ1) is 40.7. The van der Waals surface area contributed by atoms with E-state index in [9.17, 15) is 0 Å². The van der Waals surface area contributed by atoms with Crippen LogP contribution in [0.5, 0.6) is 0 Å². The molecule has 0 saturated heterocycles. The van der Waals surface area contributed by atoms with Crippen molar-refractivity contribution in [2.75, 3.05) is 48.5 Å². The van der Waals surface area contributed by atoms with Gasteiger partial charge in [0.05, 0.1) is 0 Å². The maximum Gasteiger partial charge on any atom is 0.262 e. The lowest BCUT2D eigenvalue weighted by Gasteiger charge is -2.20. The number of aryl methyl sites for hydroxylation is 2. The molecule has 0 amide bonds. The topological polar surface area (TPSA) is 14.2 Å². The van der Waals surface area contributed by atoms with E-state index in [1.54, 1.807) is 0 Å². The molecule has 0 N–H and O–H groups in total. The van der Waals surface area contributed by atoms with Gasteiger partial charge in [0.15, 0.2) is 0 Å². The third kappa shape index (κ3) is 10.3. The molecule has 2 aromatic heterocycles. The zero-order valence-corrected chi connectivity index (χ0v) is 36.5. The molecule has 0 aliphatic rings. The Hall–Kier alpha value is -2.10. The Morgan fingerprint density at radius 3 is 1.30 bits per heavy atom. The van der Waals surface area contributed by atoms with Gasteiger partial charge in [0.2, 0.25) is 11.0 Å². The number of fused-ring (bicyclic) bond motifs is 2. The maximum absolute atomic E-state index is 2.39. The molecule has 4 aromatic carbocycles. The summed E-state index contributed by atoms with van der Waals surface area (Å²) in [6.07, 6.45) is 8.95. The van der Waals surface area contributed by atoms with Crippen LogP contribution in [0, 0.1) is 0 Å². The minimum absolute atomic E-state index is 0.